The highest BCUT2D eigenvalue weighted by molar-refractivity contribution is 7.11. The first-order chi connectivity index (χ1) is 9.22. The Kier molecular flexibility index (Phi) is 4.93. The Balaban J connectivity index is 2.26. The van der Waals surface area contributed by atoms with Gasteiger partial charge >= 0.3 is 0 Å². The smallest absolute Gasteiger partial charge is 0.291 e. The van der Waals surface area contributed by atoms with Crippen LogP contribution < -0.4 is 5.32 Å². The van der Waals surface area contributed by atoms with Crippen LogP contribution in [0.5, 0.6) is 0 Å². The van der Waals surface area contributed by atoms with Gasteiger partial charge in [0.15, 0.2) is 5.01 Å². The van der Waals surface area contributed by atoms with E-state index in [4.69, 9.17) is 0 Å². The van der Waals surface area contributed by atoms with Gasteiger partial charge in [0.05, 0.1) is 6.04 Å². The van der Waals surface area contributed by atoms with E-state index in [9.17, 15) is 8.78 Å². The number of nitrogens with one attached hydrogen (secondary N) is 1. The van der Waals surface area contributed by atoms with Crippen LogP contribution in [0.4, 0.5) is 8.78 Å². The summed E-state index contributed by atoms with van der Waals surface area (Å²) in [6, 6.07) is 9.50. The van der Waals surface area contributed by atoms with Crippen LogP contribution in [0, 0.1) is 0 Å². The van der Waals surface area contributed by atoms with E-state index in [0.717, 1.165) is 29.9 Å². The minimum absolute atomic E-state index is 0.175. The van der Waals surface area contributed by atoms with E-state index in [-0.39, 0.29) is 11.0 Å². The molecular formula is C13H15F2N3S. The van der Waals surface area contributed by atoms with E-state index < -0.39 is 6.43 Å². The molecule has 0 bridgehead atoms. The zero-order valence-electron chi connectivity index (χ0n) is 10.5. The van der Waals surface area contributed by atoms with Crippen molar-refractivity contribution in [2.45, 2.75) is 25.8 Å². The summed E-state index contributed by atoms with van der Waals surface area (Å²) in [5.74, 6) is 0. The molecule has 102 valence electrons. The lowest BCUT2D eigenvalue weighted by Crippen LogP contribution is -2.23. The van der Waals surface area contributed by atoms with Crippen molar-refractivity contribution < 1.29 is 8.78 Å². The molecule has 1 heterocycles. The van der Waals surface area contributed by atoms with Gasteiger partial charge in [-0.25, -0.2) is 8.78 Å². The zero-order chi connectivity index (χ0) is 13.7. The van der Waals surface area contributed by atoms with Crippen LogP contribution in [0.2, 0.25) is 0 Å². The van der Waals surface area contributed by atoms with Gasteiger partial charge < -0.3 is 5.32 Å². The van der Waals surface area contributed by atoms with Crippen molar-refractivity contribution in [2.75, 3.05) is 6.54 Å². The predicted molar refractivity (Wildman–Crippen MR) is 71.4 cm³/mol. The molecule has 0 saturated carbocycles. The molecule has 0 spiro atoms. The number of alkyl halides is 2. The average molecular weight is 283 g/mol. The van der Waals surface area contributed by atoms with Gasteiger partial charge in [0, 0.05) is 0 Å². The Hall–Kier alpha value is -1.40. The molecule has 1 N–H and O–H groups in total. The normalized spacial score (nSPS) is 12.8. The monoisotopic (exact) mass is 283 g/mol. The first-order valence-electron chi connectivity index (χ1n) is 6.12. The lowest BCUT2D eigenvalue weighted by atomic mass is 10.1. The number of hydrogen-bond acceptors (Lipinski definition) is 4. The first kappa shape index (κ1) is 14.0. The van der Waals surface area contributed by atoms with Gasteiger partial charge in [0.2, 0.25) is 0 Å². The molecule has 19 heavy (non-hydrogen) atoms. The average Bonchev–Trinajstić information content (AvgIpc) is 2.90. The summed E-state index contributed by atoms with van der Waals surface area (Å²) < 4.78 is 25.2. The maximum absolute atomic E-state index is 12.6. The number of benzene rings is 1. The van der Waals surface area contributed by atoms with Crippen molar-refractivity contribution in [3.05, 3.63) is 45.9 Å². The Labute approximate surface area is 114 Å². The Morgan fingerprint density at radius 3 is 2.42 bits per heavy atom. The molecule has 6 heteroatoms. The van der Waals surface area contributed by atoms with E-state index in [1.165, 1.54) is 0 Å². The maximum Gasteiger partial charge on any atom is 0.291 e. The van der Waals surface area contributed by atoms with Crippen LogP contribution in [0.3, 0.4) is 0 Å². The van der Waals surface area contributed by atoms with Crippen LogP contribution in [0.1, 0.15) is 41.4 Å². The van der Waals surface area contributed by atoms with Gasteiger partial charge in [-0.15, -0.1) is 10.2 Å². The molecule has 0 aliphatic rings. The molecule has 1 aromatic carbocycles. The van der Waals surface area contributed by atoms with Crippen molar-refractivity contribution in [3.63, 3.8) is 0 Å². The number of rotatable bonds is 6. The fourth-order valence-corrected chi connectivity index (χ4v) is 2.54. The van der Waals surface area contributed by atoms with Crippen LogP contribution in [-0.2, 0) is 0 Å². The van der Waals surface area contributed by atoms with Crippen LogP contribution in [-0.4, -0.2) is 16.7 Å². The summed E-state index contributed by atoms with van der Waals surface area (Å²) in [4.78, 5) is 0. The summed E-state index contributed by atoms with van der Waals surface area (Å²) in [6.07, 6.45) is -1.60. The SMILES string of the molecule is CCCNC(c1ccccc1)c1nnc(C(F)F)s1. The molecule has 0 aliphatic heterocycles. The largest absolute Gasteiger partial charge is 0.304 e. The fraction of sp³-hybridized carbons (Fsp3) is 0.385. The van der Waals surface area contributed by atoms with Crippen LogP contribution >= 0.6 is 11.3 Å². The Morgan fingerprint density at radius 2 is 1.84 bits per heavy atom. The number of hydrogen-bond donors (Lipinski definition) is 1. The van der Waals surface area contributed by atoms with E-state index in [0.29, 0.717) is 5.01 Å². The van der Waals surface area contributed by atoms with E-state index in [1.807, 2.05) is 30.3 Å². The van der Waals surface area contributed by atoms with Gasteiger partial charge in [-0.1, -0.05) is 48.6 Å². The molecule has 0 amide bonds. The fourth-order valence-electron chi connectivity index (χ4n) is 1.73. The summed E-state index contributed by atoms with van der Waals surface area (Å²) >= 11 is 0.960. The van der Waals surface area contributed by atoms with Crippen molar-refractivity contribution in [2.24, 2.45) is 0 Å². The molecular weight excluding hydrogens is 268 g/mol. The third kappa shape index (κ3) is 3.54. The van der Waals surface area contributed by atoms with E-state index in [2.05, 4.69) is 22.4 Å². The lowest BCUT2D eigenvalue weighted by Gasteiger charge is -2.15. The molecule has 0 fully saturated rings. The predicted octanol–water partition coefficient (Wildman–Crippen LogP) is 3.56. The van der Waals surface area contributed by atoms with Gasteiger partial charge in [0.1, 0.15) is 5.01 Å². The highest BCUT2D eigenvalue weighted by Crippen LogP contribution is 2.29. The molecule has 1 unspecified atom stereocenters. The Bertz CT molecular complexity index is 502. The summed E-state index contributed by atoms with van der Waals surface area (Å²) in [7, 11) is 0. The molecule has 3 nitrogen and oxygen atoms in total. The summed E-state index contributed by atoms with van der Waals surface area (Å²) in [5.41, 5.74) is 1.01. The quantitative estimate of drug-likeness (QED) is 0.880. The molecule has 2 aromatic rings. The van der Waals surface area contributed by atoms with Gasteiger partial charge in [0.25, 0.3) is 6.43 Å². The molecule has 0 saturated heterocycles. The van der Waals surface area contributed by atoms with Crippen molar-refractivity contribution in [3.8, 4) is 0 Å². The zero-order valence-corrected chi connectivity index (χ0v) is 11.3. The van der Waals surface area contributed by atoms with Crippen molar-refractivity contribution >= 4 is 11.3 Å². The minimum atomic E-state index is -2.56. The second-order valence-corrected chi connectivity index (χ2v) is 5.12. The maximum atomic E-state index is 12.6. The number of aromatic nitrogens is 2. The second kappa shape index (κ2) is 6.68. The minimum Gasteiger partial charge on any atom is -0.304 e. The highest BCUT2D eigenvalue weighted by atomic mass is 32.1. The first-order valence-corrected chi connectivity index (χ1v) is 6.93. The van der Waals surface area contributed by atoms with Gasteiger partial charge in [-0.05, 0) is 18.5 Å². The van der Waals surface area contributed by atoms with E-state index >= 15 is 0 Å². The number of nitrogens with zero attached hydrogens (tertiary/aromatic N) is 2. The second-order valence-electron chi connectivity index (χ2n) is 4.08. The van der Waals surface area contributed by atoms with Crippen LogP contribution in [0.15, 0.2) is 30.3 Å². The number of halogens is 2. The molecule has 1 atom stereocenters. The topological polar surface area (TPSA) is 37.8 Å². The van der Waals surface area contributed by atoms with Crippen molar-refractivity contribution in [1.82, 2.24) is 15.5 Å². The lowest BCUT2D eigenvalue weighted by molar-refractivity contribution is 0.150. The third-order valence-corrected chi connectivity index (χ3v) is 3.62. The van der Waals surface area contributed by atoms with E-state index in [1.54, 1.807) is 0 Å². The standard InChI is InChI=1S/C13H15F2N3S/c1-2-8-16-10(9-6-4-3-5-7-9)12-17-18-13(19-12)11(14)15/h3-7,10-11,16H,2,8H2,1H3. The summed E-state index contributed by atoms with van der Waals surface area (Å²) in [6.45, 7) is 2.85. The molecule has 0 radical (unpaired) electrons. The summed E-state index contributed by atoms with van der Waals surface area (Å²) in [5, 5.41) is 11.1. The molecule has 2 rings (SSSR count). The third-order valence-electron chi connectivity index (χ3n) is 2.62. The van der Waals surface area contributed by atoms with Crippen LogP contribution in [0.25, 0.3) is 0 Å². The Morgan fingerprint density at radius 1 is 1.16 bits per heavy atom. The van der Waals surface area contributed by atoms with Gasteiger partial charge in [-0.2, -0.15) is 0 Å². The molecule has 0 aliphatic carbocycles. The van der Waals surface area contributed by atoms with Crippen molar-refractivity contribution in [1.29, 1.82) is 0 Å². The van der Waals surface area contributed by atoms with Gasteiger partial charge in [-0.3, -0.25) is 0 Å². The highest BCUT2D eigenvalue weighted by Gasteiger charge is 2.21. The molecule has 1 aromatic heterocycles.